The van der Waals surface area contributed by atoms with Crippen LogP contribution in [0.25, 0.3) is 0 Å². The third-order valence-electron chi connectivity index (χ3n) is 4.59. The van der Waals surface area contributed by atoms with E-state index >= 15 is 0 Å². The van der Waals surface area contributed by atoms with Crippen molar-refractivity contribution in [3.63, 3.8) is 0 Å². The number of aliphatic hydroxyl groups excluding tert-OH is 1. The highest BCUT2D eigenvalue weighted by Gasteiger charge is 2.22. The van der Waals surface area contributed by atoms with Gasteiger partial charge >= 0.3 is 0 Å². The van der Waals surface area contributed by atoms with Crippen molar-refractivity contribution in [2.75, 3.05) is 0 Å². The van der Waals surface area contributed by atoms with Crippen LogP contribution in [0.3, 0.4) is 0 Å². The maximum absolute atomic E-state index is 11.7. The van der Waals surface area contributed by atoms with Crippen molar-refractivity contribution in [1.29, 1.82) is 0 Å². The molecule has 20 heavy (non-hydrogen) atoms. The fourth-order valence-corrected chi connectivity index (χ4v) is 3.35. The molecule has 1 aliphatic carbocycles. The number of aliphatic hydroxyl groups is 1. The van der Waals surface area contributed by atoms with Crippen molar-refractivity contribution in [1.82, 2.24) is 0 Å². The Bertz CT molecular complexity index is 425. The van der Waals surface area contributed by atoms with E-state index in [-0.39, 0.29) is 5.78 Å². The minimum Gasteiger partial charge on any atom is -0.385 e. The monoisotopic (exact) mass is 274 g/mol. The summed E-state index contributed by atoms with van der Waals surface area (Å²) in [4.78, 5) is 11.7. The fraction of sp³-hybridized carbons (Fsp3) is 0.611. The molecule has 1 aliphatic rings. The van der Waals surface area contributed by atoms with Gasteiger partial charge in [0, 0.05) is 5.56 Å². The molecule has 1 aromatic rings. The first-order valence-corrected chi connectivity index (χ1v) is 7.94. The lowest BCUT2D eigenvalue weighted by Gasteiger charge is -2.28. The molecule has 1 fully saturated rings. The van der Waals surface area contributed by atoms with E-state index in [1.165, 1.54) is 51.0 Å². The molecule has 110 valence electrons. The molecule has 0 aliphatic heterocycles. The molecule has 2 nitrogen and oxygen atoms in total. The van der Waals surface area contributed by atoms with Gasteiger partial charge in [0.1, 0.15) is 6.10 Å². The van der Waals surface area contributed by atoms with Gasteiger partial charge in [-0.05, 0) is 50.0 Å². The van der Waals surface area contributed by atoms with Crippen LogP contribution < -0.4 is 0 Å². The van der Waals surface area contributed by atoms with Crippen LogP contribution in [-0.2, 0) is 0 Å². The standard InChI is InChI=1S/C18H26O2/c1-3-4-14-5-7-15(8-6-14)16-9-11-17(12-10-16)18(20)13(2)19/h9-15,19H,3-8H2,1-2H3. The number of carbonyl (C=O) groups excluding carboxylic acids is 1. The summed E-state index contributed by atoms with van der Waals surface area (Å²) in [6, 6.07) is 7.87. The lowest BCUT2D eigenvalue weighted by Crippen LogP contribution is -2.16. The number of Topliss-reactive ketones (excluding diaryl/α,β-unsaturated/α-hetero) is 1. The zero-order valence-electron chi connectivity index (χ0n) is 12.6. The van der Waals surface area contributed by atoms with Crippen molar-refractivity contribution in [3.05, 3.63) is 35.4 Å². The fourth-order valence-electron chi connectivity index (χ4n) is 3.35. The number of carbonyl (C=O) groups is 1. The highest BCUT2D eigenvalue weighted by molar-refractivity contribution is 5.99. The Balaban J connectivity index is 1.96. The molecule has 2 heteroatoms. The van der Waals surface area contributed by atoms with E-state index in [1.807, 2.05) is 12.1 Å². The molecule has 2 rings (SSSR count). The molecule has 0 saturated heterocycles. The number of hydrogen-bond acceptors (Lipinski definition) is 2. The molecular weight excluding hydrogens is 248 g/mol. The van der Waals surface area contributed by atoms with Crippen LogP contribution in [0.5, 0.6) is 0 Å². The Hall–Kier alpha value is -1.15. The Morgan fingerprint density at radius 3 is 2.30 bits per heavy atom. The molecule has 1 unspecified atom stereocenters. The molecule has 1 N–H and O–H groups in total. The molecule has 1 aromatic carbocycles. The molecule has 1 saturated carbocycles. The first kappa shape index (κ1) is 15.2. The third-order valence-corrected chi connectivity index (χ3v) is 4.59. The average molecular weight is 274 g/mol. The summed E-state index contributed by atoms with van der Waals surface area (Å²) in [5, 5.41) is 9.32. The second-order valence-corrected chi connectivity index (χ2v) is 6.17. The van der Waals surface area contributed by atoms with Gasteiger partial charge in [0.2, 0.25) is 0 Å². The molecule has 0 amide bonds. The van der Waals surface area contributed by atoms with Gasteiger partial charge in [0.25, 0.3) is 0 Å². The van der Waals surface area contributed by atoms with Crippen molar-refractivity contribution < 1.29 is 9.90 Å². The Kier molecular flexibility index (Phi) is 5.36. The van der Waals surface area contributed by atoms with Gasteiger partial charge < -0.3 is 5.11 Å². The second kappa shape index (κ2) is 7.03. The van der Waals surface area contributed by atoms with E-state index in [1.54, 1.807) is 0 Å². The third kappa shape index (κ3) is 3.69. The predicted octanol–water partition coefficient (Wildman–Crippen LogP) is 4.32. The average Bonchev–Trinajstić information content (AvgIpc) is 2.48. The Morgan fingerprint density at radius 2 is 1.80 bits per heavy atom. The normalized spacial score (nSPS) is 24.4. The van der Waals surface area contributed by atoms with Gasteiger partial charge in [0.05, 0.1) is 0 Å². The van der Waals surface area contributed by atoms with Crippen LogP contribution in [0, 0.1) is 5.92 Å². The van der Waals surface area contributed by atoms with Crippen LogP contribution in [0.15, 0.2) is 24.3 Å². The predicted molar refractivity (Wildman–Crippen MR) is 82.1 cm³/mol. The van der Waals surface area contributed by atoms with Gasteiger partial charge in [-0.1, -0.05) is 44.0 Å². The van der Waals surface area contributed by atoms with Crippen molar-refractivity contribution in [3.8, 4) is 0 Å². The maximum Gasteiger partial charge on any atom is 0.190 e. The van der Waals surface area contributed by atoms with E-state index in [2.05, 4.69) is 19.1 Å². The molecule has 1 atom stereocenters. The first-order valence-electron chi connectivity index (χ1n) is 7.94. The van der Waals surface area contributed by atoms with Crippen molar-refractivity contribution in [2.24, 2.45) is 5.92 Å². The summed E-state index contributed by atoms with van der Waals surface area (Å²) in [5.41, 5.74) is 1.96. The first-order chi connectivity index (χ1) is 9.61. The van der Waals surface area contributed by atoms with Gasteiger partial charge in [0.15, 0.2) is 5.78 Å². The number of rotatable bonds is 5. The smallest absolute Gasteiger partial charge is 0.190 e. The summed E-state index contributed by atoms with van der Waals surface area (Å²) >= 11 is 0. The number of benzene rings is 1. The topological polar surface area (TPSA) is 37.3 Å². The minimum atomic E-state index is -0.912. The maximum atomic E-state index is 11.7. The van der Waals surface area contributed by atoms with E-state index in [9.17, 15) is 9.90 Å². The summed E-state index contributed by atoms with van der Waals surface area (Å²) in [6.45, 7) is 3.79. The molecule has 0 aromatic heterocycles. The molecule has 0 spiro atoms. The zero-order chi connectivity index (χ0) is 14.5. The van der Waals surface area contributed by atoms with E-state index < -0.39 is 6.10 Å². The summed E-state index contributed by atoms with van der Waals surface area (Å²) in [6.07, 6.45) is 6.98. The Labute approximate surface area is 122 Å². The number of ketones is 1. The van der Waals surface area contributed by atoms with Crippen LogP contribution in [0.4, 0.5) is 0 Å². The van der Waals surface area contributed by atoms with Gasteiger partial charge in [-0.3, -0.25) is 4.79 Å². The zero-order valence-corrected chi connectivity index (χ0v) is 12.6. The summed E-state index contributed by atoms with van der Waals surface area (Å²) < 4.78 is 0. The molecule has 0 bridgehead atoms. The minimum absolute atomic E-state index is 0.191. The van der Waals surface area contributed by atoms with E-state index in [0.717, 1.165) is 5.92 Å². The number of hydrogen-bond donors (Lipinski definition) is 1. The SMILES string of the molecule is CCCC1CCC(c2ccc(C(=O)C(C)O)cc2)CC1. The van der Waals surface area contributed by atoms with E-state index in [4.69, 9.17) is 0 Å². The van der Waals surface area contributed by atoms with Crippen LogP contribution in [0.1, 0.15) is 74.2 Å². The van der Waals surface area contributed by atoms with Crippen molar-refractivity contribution in [2.45, 2.75) is 64.4 Å². The molecule has 0 heterocycles. The van der Waals surface area contributed by atoms with Crippen LogP contribution in [0.2, 0.25) is 0 Å². The van der Waals surface area contributed by atoms with Crippen LogP contribution >= 0.6 is 0 Å². The van der Waals surface area contributed by atoms with E-state index in [0.29, 0.717) is 11.5 Å². The van der Waals surface area contributed by atoms with Gasteiger partial charge in [-0.25, -0.2) is 0 Å². The van der Waals surface area contributed by atoms with Crippen LogP contribution in [-0.4, -0.2) is 17.0 Å². The van der Waals surface area contributed by atoms with Gasteiger partial charge in [-0.15, -0.1) is 0 Å². The second-order valence-electron chi connectivity index (χ2n) is 6.17. The highest BCUT2D eigenvalue weighted by Crippen LogP contribution is 2.37. The van der Waals surface area contributed by atoms with Crippen molar-refractivity contribution >= 4 is 5.78 Å². The lowest BCUT2D eigenvalue weighted by atomic mass is 9.77. The van der Waals surface area contributed by atoms with Gasteiger partial charge in [-0.2, -0.15) is 0 Å². The highest BCUT2D eigenvalue weighted by atomic mass is 16.3. The summed E-state index contributed by atoms with van der Waals surface area (Å²) in [7, 11) is 0. The quantitative estimate of drug-likeness (QED) is 0.812. The lowest BCUT2D eigenvalue weighted by molar-refractivity contribution is 0.0779. The summed E-state index contributed by atoms with van der Waals surface area (Å²) in [5.74, 6) is 1.38. The molecule has 0 radical (unpaired) electrons. The Morgan fingerprint density at radius 1 is 1.20 bits per heavy atom. The largest absolute Gasteiger partial charge is 0.385 e. The molecular formula is C18H26O2.